The molecule has 0 spiro atoms. The lowest BCUT2D eigenvalue weighted by Crippen LogP contribution is -2.36. The Bertz CT molecular complexity index is 432. The molecule has 2 bridgehead atoms. The first kappa shape index (κ1) is 9.66. The number of benzene rings is 1. The number of carboxylic acid groups (broad SMARTS) is 1. The summed E-state index contributed by atoms with van der Waals surface area (Å²) in [7, 11) is 0. The predicted molar refractivity (Wildman–Crippen MR) is 58.9 cm³/mol. The van der Waals surface area contributed by atoms with Gasteiger partial charge in [-0.1, -0.05) is 6.07 Å². The molecule has 2 aliphatic heterocycles. The minimum Gasteiger partial charge on any atom is -0.478 e. The summed E-state index contributed by atoms with van der Waals surface area (Å²) in [5, 5.41) is 8.94. The summed E-state index contributed by atoms with van der Waals surface area (Å²) >= 11 is 0. The second kappa shape index (κ2) is 3.49. The summed E-state index contributed by atoms with van der Waals surface area (Å²) in [6.45, 7) is 1.65. The van der Waals surface area contributed by atoms with Gasteiger partial charge in [-0.3, -0.25) is 0 Å². The lowest BCUT2D eigenvalue weighted by atomic mass is 10.1. The highest BCUT2D eigenvalue weighted by Gasteiger charge is 2.38. The smallest absolute Gasteiger partial charge is 0.335 e. The highest BCUT2D eigenvalue weighted by molar-refractivity contribution is 5.88. The molecule has 2 saturated heterocycles. The average molecular weight is 219 g/mol. The summed E-state index contributed by atoms with van der Waals surface area (Å²) in [6.07, 6.45) is 1.40. The summed E-state index contributed by atoms with van der Waals surface area (Å²) in [5.74, 6) is -0.873. The van der Waals surface area contributed by atoms with Crippen LogP contribution in [-0.4, -0.2) is 36.4 Å². The van der Waals surface area contributed by atoms with Crippen LogP contribution in [0.1, 0.15) is 16.8 Å². The van der Waals surface area contributed by atoms with E-state index in [0.717, 1.165) is 25.3 Å². The molecule has 1 aromatic carbocycles. The average Bonchev–Trinajstić information content (AvgIpc) is 2.91. The maximum Gasteiger partial charge on any atom is 0.335 e. The summed E-state index contributed by atoms with van der Waals surface area (Å²) in [5.41, 5.74) is 1.34. The molecule has 1 aromatic rings. The Labute approximate surface area is 93.4 Å². The Morgan fingerprint density at radius 2 is 2.38 bits per heavy atom. The Kier molecular flexibility index (Phi) is 2.11. The maximum atomic E-state index is 10.9. The van der Waals surface area contributed by atoms with Crippen molar-refractivity contribution in [1.82, 2.24) is 0 Å². The van der Waals surface area contributed by atoms with E-state index in [2.05, 4.69) is 4.90 Å². The standard InChI is InChI=1S/C12H13NO3/c14-12(15)8-2-1-3-9(4-8)13-6-11-5-10(13)7-16-11/h1-4,10-11H,5-7H2,(H,14,15). The van der Waals surface area contributed by atoms with Gasteiger partial charge in [0.05, 0.1) is 24.3 Å². The Balaban J connectivity index is 1.89. The van der Waals surface area contributed by atoms with Gasteiger partial charge in [0.15, 0.2) is 0 Å². The van der Waals surface area contributed by atoms with Gasteiger partial charge in [-0.25, -0.2) is 4.79 Å². The fraction of sp³-hybridized carbons (Fsp3) is 0.417. The first-order chi connectivity index (χ1) is 7.74. The van der Waals surface area contributed by atoms with E-state index >= 15 is 0 Å². The van der Waals surface area contributed by atoms with Gasteiger partial charge >= 0.3 is 5.97 Å². The topological polar surface area (TPSA) is 49.8 Å². The number of aromatic carboxylic acids is 1. The van der Waals surface area contributed by atoms with Gasteiger partial charge in [0.2, 0.25) is 0 Å². The van der Waals surface area contributed by atoms with Crippen LogP contribution in [0.25, 0.3) is 0 Å². The molecule has 0 amide bonds. The van der Waals surface area contributed by atoms with Crippen molar-refractivity contribution >= 4 is 11.7 Å². The molecule has 1 N–H and O–H groups in total. The van der Waals surface area contributed by atoms with E-state index in [1.165, 1.54) is 0 Å². The molecule has 2 aliphatic rings. The number of ether oxygens (including phenoxy) is 1. The van der Waals surface area contributed by atoms with Crippen LogP contribution in [0.2, 0.25) is 0 Å². The van der Waals surface area contributed by atoms with Crippen LogP contribution in [-0.2, 0) is 4.74 Å². The van der Waals surface area contributed by atoms with Crippen LogP contribution in [0.3, 0.4) is 0 Å². The van der Waals surface area contributed by atoms with Gasteiger partial charge in [-0.2, -0.15) is 0 Å². The first-order valence-corrected chi connectivity index (χ1v) is 5.45. The number of rotatable bonds is 2. The Hall–Kier alpha value is -1.55. The number of anilines is 1. The number of nitrogens with zero attached hydrogens (tertiary/aromatic N) is 1. The SMILES string of the molecule is O=C(O)c1cccc(N2CC3CC2CO3)c1. The van der Waals surface area contributed by atoms with Gasteiger partial charge in [0.1, 0.15) is 0 Å². The van der Waals surface area contributed by atoms with E-state index < -0.39 is 5.97 Å². The molecule has 0 radical (unpaired) electrons. The first-order valence-electron chi connectivity index (χ1n) is 5.45. The molecule has 0 saturated carbocycles. The van der Waals surface area contributed by atoms with E-state index in [1.807, 2.05) is 6.07 Å². The second-order valence-electron chi connectivity index (χ2n) is 4.35. The van der Waals surface area contributed by atoms with Crippen LogP contribution in [0.15, 0.2) is 24.3 Å². The van der Waals surface area contributed by atoms with Gasteiger partial charge < -0.3 is 14.7 Å². The fourth-order valence-electron chi connectivity index (χ4n) is 2.53. The molecule has 16 heavy (non-hydrogen) atoms. The Morgan fingerprint density at radius 3 is 3.00 bits per heavy atom. The molecule has 4 nitrogen and oxygen atoms in total. The maximum absolute atomic E-state index is 10.9. The van der Waals surface area contributed by atoms with Gasteiger partial charge in [-0.05, 0) is 24.6 Å². The third kappa shape index (κ3) is 1.46. The van der Waals surface area contributed by atoms with Crippen molar-refractivity contribution in [3.05, 3.63) is 29.8 Å². The van der Waals surface area contributed by atoms with Crippen LogP contribution in [0.4, 0.5) is 5.69 Å². The zero-order valence-electron chi connectivity index (χ0n) is 8.80. The number of carboxylic acids is 1. The number of hydrogen-bond acceptors (Lipinski definition) is 3. The number of fused-ring (bicyclic) bond motifs is 2. The van der Waals surface area contributed by atoms with Crippen LogP contribution >= 0.6 is 0 Å². The molecule has 84 valence electrons. The summed E-state index contributed by atoms with van der Waals surface area (Å²) in [4.78, 5) is 13.1. The molecule has 0 aliphatic carbocycles. The zero-order valence-corrected chi connectivity index (χ0v) is 8.80. The summed E-state index contributed by atoms with van der Waals surface area (Å²) in [6, 6.07) is 7.55. The van der Waals surface area contributed by atoms with Crippen molar-refractivity contribution in [2.24, 2.45) is 0 Å². The molecule has 0 aromatic heterocycles. The molecular weight excluding hydrogens is 206 g/mol. The molecular formula is C12H13NO3. The normalized spacial score (nSPS) is 27.4. The second-order valence-corrected chi connectivity index (χ2v) is 4.35. The largest absolute Gasteiger partial charge is 0.478 e. The summed E-state index contributed by atoms with van der Waals surface area (Å²) < 4.78 is 5.52. The van der Waals surface area contributed by atoms with Crippen LogP contribution in [0, 0.1) is 0 Å². The molecule has 3 rings (SSSR count). The van der Waals surface area contributed by atoms with E-state index in [9.17, 15) is 4.79 Å². The number of carbonyl (C=O) groups is 1. The predicted octanol–water partition coefficient (Wildman–Crippen LogP) is 1.36. The van der Waals surface area contributed by atoms with E-state index in [0.29, 0.717) is 17.7 Å². The molecule has 2 fully saturated rings. The van der Waals surface area contributed by atoms with Gasteiger partial charge in [0, 0.05) is 12.2 Å². The third-order valence-electron chi connectivity index (χ3n) is 3.33. The quantitative estimate of drug-likeness (QED) is 0.816. The van der Waals surface area contributed by atoms with Gasteiger partial charge in [0.25, 0.3) is 0 Å². The van der Waals surface area contributed by atoms with E-state index in [4.69, 9.17) is 9.84 Å². The van der Waals surface area contributed by atoms with Crippen LogP contribution < -0.4 is 4.90 Å². The minimum absolute atomic E-state index is 0.332. The minimum atomic E-state index is -0.873. The number of morpholine rings is 1. The fourth-order valence-corrected chi connectivity index (χ4v) is 2.53. The highest BCUT2D eigenvalue weighted by Crippen LogP contribution is 2.32. The van der Waals surface area contributed by atoms with Crippen LogP contribution in [0.5, 0.6) is 0 Å². The lowest BCUT2D eigenvalue weighted by Gasteiger charge is -2.29. The van der Waals surface area contributed by atoms with Crippen molar-refractivity contribution in [2.75, 3.05) is 18.1 Å². The van der Waals surface area contributed by atoms with Crippen molar-refractivity contribution in [3.8, 4) is 0 Å². The lowest BCUT2D eigenvalue weighted by molar-refractivity contribution is 0.0697. The van der Waals surface area contributed by atoms with Crippen molar-refractivity contribution in [2.45, 2.75) is 18.6 Å². The molecule has 2 atom stereocenters. The number of hydrogen-bond donors (Lipinski definition) is 1. The van der Waals surface area contributed by atoms with Crippen molar-refractivity contribution in [1.29, 1.82) is 0 Å². The van der Waals surface area contributed by atoms with Crippen molar-refractivity contribution < 1.29 is 14.6 Å². The highest BCUT2D eigenvalue weighted by atomic mass is 16.5. The zero-order chi connectivity index (χ0) is 11.1. The third-order valence-corrected chi connectivity index (χ3v) is 3.33. The van der Waals surface area contributed by atoms with E-state index in [1.54, 1.807) is 18.2 Å². The van der Waals surface area contributed by atoms with E-state index in [-0.39, 0.29) is 0 Å². The van der Waals surface area contributed by atoms with Gasteiger partial charge in [-0.15, -0.1) is 0 Å². The monoisotopic (exact) mass is 219 g/mol. The Morgan fingerprint density at radius 1 is 1.50 bits per heavy atom. The molecule has 2 heterocycles. The molecule has 2 unspecified atom stereocenters. The van der Waals surface area contributed by atoms with Crippen molar-refractivity contribution in [3.63, 3.8) is 0 Å². The molecule has 4 heteroatoms.